The second-order valence-corrected chi connectivity index (χ2v) is 4.21. The summed E-state index contributed by atoms with van der Waals surface area (Å²) in [4.78, 5) is 15.4. The number of aromatic nitrogens is 1. The Morgan fingerprint density at radius 2 is 2.21 bits per heavy atom. The van der Waals surface area contributed by atoms with Gasteiger partial charge in [0.1, 0.15) is 5.75 Å². The highest BCUT2D eigenvalue weighted by Crippen LogP contribution is 2.17. The van der Waals surface area contributed by atoms with Crippen LogP contribution < -0.4 is 10.1 Å². The van der Waals surface area contributed by atoms with Gasteiger partial charge >= 0.3 is 5.97 Å². The molecule has 5 nitrogen and oxygen atoms in total. The van der Waals surface area contributed by atoms with Crippen LogP contribution in [0.3, 0.4) is 0 Å². The quantitative estimate of drug-likeness (QED) is 0.574. The zero-order valence-electron chi connectivity index (χ0n) is 11.9. The fraction of sp³-hybridized carbons (Fsp3) is 0.571. The van der Waals surface area contributed by atoms with Crippen LogP contribution in [-0.2, 0) is 16.1 Å². The van der Waals surface area contributed by atoms with Crippen molar-refractivity contribution in [3.63, 3.8) is 0 Å². The Hall–Kier alpha value is -1.62. The van der Waals surface area contributed by atoms with E-state index in [1.165, 1.54) is 7.11 Å². The molecule has 0 amide bonds. The van der Waals surface area contributed by atoms with E-state index in [1.54, 1.807) is 0 Å². The molecule has 0 bridgehead atoms. The molecule has 0 aliphatic heterocycles. The maximum Gasteiger partial charge on any atom is 0.305 e. The molecule has 0 aromatic carbocycles. The number of hydrogen-bond acceptors (Lipinski definition) is 5. The summed E-state index contributed by atoms with van der Waals surface area (Å²) in [5.41, 5.74) is 1.87. The molecule has 0 aliphatic rings. The second-order valence-electron chi connectivity index (χ2n) is 4.21. The number of carbonyl (C=O) groups is 1. The van der Waals surface area contributed by atoms with Gasteiger partial charge in [0.25, 0.3) is 0 Å². The van der Waals surface area contributed by atoms with Gasteiger partial charge in [0, 0.05) is 18.7 Å². The number of methoxy groups -OCH3 is 1. The molecule has 19 heavy (non-hydrogen) atoms. The first-order chi connectivity index (χ1) is 9.17. The minimum Gasteiger partial charge on any atom is -0.492 e. The third-order valence-electron chi connectivity index (χ3n) is 2.62. The van der Waals surface area contributed by atoms with Crippen LogP contribution in [0.1, 0.15) is 31.2 Å². The van der Waals surface area contributed by atoms with E-state index >= 15 is 0 Å². The first kappa shape index (κ1) is 15.4. The summed E-state index contributed by atoms with van der Waals surface area (Å²) in [6.07, 6.45) is 1.01. The molecule has 1 N–H and O–H groups in total. The van der Waals surface area contributed by atoms with E-state index in [0.29, 0.717) is 26.0 Å². The van der Waals surface area contributed by atoms with Gasteiger partial charge < -0.3 is 14.8 Å². The zero-order chi connectivity index (χ0) is 14.1. The molecule has 0 atom stereocenters. The van der Waals surface area contributed by atoms with E-state index in [1.807, 2.05) is 26.0 Å². The molecule has 1 aromatic rings. The number of hydrogen-bond donors (Lipinski definition) is 1. The summed E-state index contributed by atoms with van der Waals surface area (Å²) in [5, 5.41) is 3.23. The molecule has 0 unspecified atom stereocenters. The number of esters is 1. The normalized spacial score (nSPS) is 10.3. The largest absolute Gasteiger partial charge is 0.492 e. The summed E-state index contributed by atoms with van der Waals surface area (Å²) >= 11 is 0. The lowest BCUT2D eigenvalue weighted by molar-refractivity contribution is -0.140. The third-order valence-corrected chi connectivity index (χ3v) is 2.62. The predicted octanol–water partition coefficient (Wildman–Crippen LogP) is 1.83. The van der Waals surface area contributed by atoms with Gasteiger partial charge in [-0.1, -0.05) is 6.92 Å². The SMILES string of the molecule is CCNCc1nc(C)ccc1OCCCC(=O)OC. The lowest BCUT2D eigenvalue weighted by Crippen LogP contribution is -2.15. The highest BCUT2D eigenvalue weighted by atomic mass is 16.5. The number of nitrogens with zero attached hydrogens (tertiary/aromatic N) is 1. The number of nitrogens with one attached hydrogen (secondary N) is 1. The Morgan fingerprint density at radius 1 is 1.42 bits per heavy atom. The summed E-state index contributed by atoms with van der Waals surface area (Å²) < 4.78 is 10.3. The minimum absolute atomic E-state index is 0.210. The average molecular weight is 266 g/mol. The van der Waals surface area contributed by atoms with Crippen molar-refractivity contribution in [1.29, 1.82) is 0 Å². The van der Waals surface area contributed by atoms with Gasteiger partial charge in [-0.05, 0) is 32.0 Å². The molecule has 0 saturated carbocycles. The number of pyridine rings is 1. The Bertz CT molecular complexity index is 408. The van der Waals surface area contributed by atoms with Crippen LogP contribution in [0.5, 0.6) is 5.75 Å². The number of ether oxygens (including phenoxy) is 2. The van der Waals surface area contributed by atoms with Crippen molar-refractivity contribution < 1.29 is 14.3 Å². The first-order valence-electron chi connectivity index (χ1n) is 6.54. The lowest BCUT2D eigenvalue weighted by Gasteiger charge is -2.11. The molecule has 0 fully saturated rings. The van der Waals surface area contributed by atoms with Crippen LogP contribution in [-0.4, -0.2) is 31.2 Å². The summed E-state index contributed by atoms with van der Waals surface area (Å²) in [5.74, 6) is 0.565. The van der Waals surface area contributed by atoms with Crippen molar-refractivity contribution in [2.24, 2.45) is 0 Å². The molecular formula is C14H22N2O3. The van der Waals surface area contributed by atoms with Crippen LogP contribution in [0.2, 0.25) is 0 Å². The van der Waals surface area contributed by atoms with Crippen molar-refractivity contribution in [2.45, 2.75) is 33.2 Å². The number of carbonyl (C=O) groups excluding carboxylic acids is 1. The highest BCUT2D eigenvalue weighted by Gasteiger charge is 2.06. The van der Waals surface area contributed by atoms with Gasteiger partial charge in [0.15, 0.2) is 0 Å². The van der Waals surface area contributed by atoms with Crippen molar-refractivity contribution >= 4 is 5.97 Å². The van der Waals surface area contributed by atoms with E-state index in [2.05, 4.69) is 15.0 Å². The van der Waals surface area contributed by atoms with E-state index in [-0.39, 0.29) is 5.97 Å². The van der Waals surface area contributed by atoms with E-state index in [0.717, 1.165) is 23.7 Å². The number of aryl methyl sites for hydroxylation is 1. The summed E-state index contributed by atoms with van der Waals surface area (Å²) in [6, 6.07) is 3.85. The molecule has 0 radical (unpaired) electrons. The maximum absolute atomic E-state index is 11.0. The zero-order valence-corrected chi connectivity index (χ0v) is 11.9. The van der Waals surface area contributed by atoms with Crippen LogP contribution in [0.4, 0.5) is 0 Å². The van der Waals surface area contributed by atoms with Crippen LogP contribution in [0.25, 0.3) is 0 Å². The Morgan fingerprint density at radius 3 is 2.89 bits per heavy atom. The molecule has 0 saturated heterocycles. The molecular weight excluding hydrogens is 244 g/mol. The van der Waals surface area contributed by atoms with Crippen LogP contribution >= 0.6 is 0 Å². The van der Waals surface area contributed by atoms with Crippen molar-refractivity contribution in [2.75, 3.05) is 20.3 Å². The maximum atomic E-state index is 11.0. The standard InChI is InChI=1S/C14H22N2O3/c1-4-15-10-12-13(8-7-11(2)16-12)19-9-5-6-14(17)18-3/h7-8,15H,4-6,9-10H2,1-3H3. The third kappa shape index (κ3) is 5.70. The van der Waals surface area contributed by atoms with Crippen molar-refractivity contribution in [1.82, 2.24) is 10.3 Å². The Kier molecular flexibility index (Phi) is 6.89. The van der Waals surface area contributed by atoms with E-state index < -0.39 is 0 Å². The molecule has 1 heterocycles. The monoisotopic (exact) mass is 266 g/mol. The Balaban J connectivity index is 2.49. The van der Waals surface area contributed by atoms with Gasteiger partial charge in [0.05, 0.1) is 19.4 Å². The van der Waals surface area contributed by atoms with Crippen molar-refractivity contribution in [3.8, 4) is 5.75 Å². The predicted molar refractivity (Wildman–Crippen MR) is 73.1 cm³/mol. The van der Waals surface area contributed by atoms with Gasteiger partial charge in [-0.15, -0.1) is 0 Å². The van der Waals surface area contributed by atoms with E-state index in [9.17, 15) is 4.79 Å². The molecule has 1 aromatic heterocycles. The second kappa shape index (κ2) is 8.48. The summed E-state index contributed by atoms with van der Waals surface area (Å²) in [7, 11) is 1.39. The number of rotatable bonds is 8. The summed E-state index contributed by atoms with van der Waals surface area (Å²) in [6.45, 7) is 6.06. The fourth-order valence-electron chi connectivity index (χ4n) is 1.60. The van der Waals surface area contributed by atoms with Crippen molar-refractivity contribution in [3.05, 3.63) is 23.5 Å². The molecule has 0 aliphatic carbocycles. The molecule has 1 rings (SSSR count). The van der Waals surface area contributed by atoms with Gasteiger partial charge in [-0.25, -0.2) is 0 Å². The average Bonchev–Trinajstić information content (AvgIpc) is 2.42. The molecule has 5 heteroatoms. The van der Waals surface area contributed by atoms with E-state index in [4.69, 9.17) is 4.74 Å². The molecule has 0 spiro atoms. The minimum atomic E-state index is -0.210. The smallest absolute Gasteiger partial charge is 0.305 e. The van der Waals surface area contributed by atoms with Gasteiger partial charge in [0.2, 0.25) is 0 Å². The Labute approximate surface area is 114 Å². The molecule has 106 valence electrons. The fourth-order valence-corrected chi connectivity index (χ4v) is 1.60. The first-order valence-corrected chi connectivity index (χ1v) is 6.54. The van der Waals surface area contributed by atoms with Gasteiger partial charge in [-0.3, -0.25) is 9.78 Å². The topological polar surface area (TPSA) is 60.5 Å². The van der Waals surface area contributed by atoms with Crippen LogP contribution in [0, 0.1) is 6.92 Å². The lowest BCUT2D eigenvalue weighted by atomic mass is 10.2. The van der Waals surface area contributed by atoms with Crippen LogP contribution in [0.15, 0.2) is 12.1 Å². The van der Waals surface area contributed by atoms with Gasteiger partial charge in [-0.2, -0.15) is 0 Å². The highest BCUT2D eigenvalue weighted by molar-refractivity contribution is 5.69.